The van der Waals surface area contributed by atoms with Crippen LogP contribution in [0.4, 0.5) is 10.8 Å². The van der Waals surface area contributed by atoms with Gasteiger partial charge in [0, 0.05) is 49.7 Å². The Morgan fingerprint density at radius 1 is 1.00 bits per heavy atom. The number of rotatable bonds is 5. The highest BCUT2D eigenvalue weighted by Gasteiger charge is 2.26. The van der Waals surface area contributed by atoms with E-state index < -0.39 is 0 Å². The Hall–Kier alpha value is -1.87. The lowest BCUT2D eigenvalue weighted by Crippen LogP contribution is -2.52. The van der Waals surface area contributed by atoms with Crippen LogP contribution < -0.4 is 5.32 Å². The quantitative estimate of drug-likeness (QED) is 0.699. The smallest absolute Gasteiger partial charge is 0.273 e. The molecule has 0 aliphatic carbocycles. The number of piperazine rings is 1. The molecule has 0 unspecified atom stereocenters. The first-order valence-corrected chi connectivity index (χ1v) is 12.1. The number of benzene rings is 1. The molecule has 2 amide bonds. The van der Waals surface area contributed by atoms with Crippen molar-refractivity contribution < 1.29 is 9.59 Å². The number of halogens is 2. The second kappa shape index (κ2) is 10.2. The van der Waals surface area contributed by atoms with E-state index in [9.17, 15) is 9.59 Å². The first-order valence-electron chi connectivity index (χ1n) is 10.5. The van der Waals surface area contributed by atoms with Crippen LogP contribution in [0.1, 0.15) is 29.8 Å². The molecule has 0 radical (unpaired) electrons. The standard InChI is InChI=1S/C21H25Cl2N5O2S/c22-15-4-5-17(16(23)12-15)24-21-25-18(14-31-21)20(30)28-10-8-26(9-11-28)13-19(29)27-6-2-1-3-7-27/h4-5,12,14H,1-3,6-11,13H2,(H,24,25). The van der Waals surface area contributed by atoms with Gasteiger partial charge >= 0.3 is 0 Å². The van der Waals surface area contributed by atoms with Crippen LogP contribution in [0.25, 0.3) is 0 Å². The third kappa shape index (κ3) is 5.68. The summed E-state index contributed by atoms with van der Waals surface area (Å²) < 4.78 is 0. The van der Waals surface area contributed by atoms with Crippen molar-refractivity contribution in [2.45, 2.75) is 19.3 Å². The van der Waals surface area contributed by atoms with Crippen molar-refractivity contribution in [2.75, 3.05) is 51.1 Å². The number of nitrogens with zero attached hydrogens (tertiary/aromatic N) is 4. The Morgan fingerprint density at radius 2 is 1.74 bits per heavy atom. The highest BCUT2D eigenvalue weighted by Crippen LogP contribution is 2.29. The number of hydrogen-bond donors (Lipinski definition) is 1. The minimum atomic E-state index is -0.0893. The van der Waals surface area contributed by atoms with Gasteiger partial charge in [0.2, 0.25) is 5.91 Å². The molecule has 3 heterocycles. The van der Waals surface area contributed by atoms with Crippen LogP contribution in [0.3, 0.4) is 0 Å². The number of likely N-dealkylation sites (tertiary alicyclic amines) is 1. The van der Waals surface area contributed by atoms with Gasteiger partial charge in [-0.2, -0.15) is 0 Å². The average molecular weight is 482 g/mol. The van der Waals surface area contributed by atoms with Crippen molar-refractivity contribution in [1.29, 1.82) is 0 Å². The number of aromatic nitrogens is 1. The Bertz CT molecular complexity index is 940. The molecule has 0 atom stereocenters. The molecule has 1 N–H and O–H groups in total. The Balaban J connectivity index is 1.28. The Morgan fingerprint density at radius 3 is 2.45 bits per heavy atom. The molecule has 2 fully saturated rings. The summed E-state index contributed by atoms with van der Waals surface area (Å²) in [6.45, 7) is 4.76. The zero-order valence-electron chi connectivity index (χ0n) is 17.1. The monoisotopic (exact) mass is 481 g/mol. The normalized spacial score (nSPS) is 17.6. The van der Waals surface area contributed by atoms with Gasteiger partial charge in [0.1, 0.15) is 5.69 Å². The molecule has 10 heteroatoms. The number of thiazole rings is 1. The van der Waals surface area contributed by atoms with E-state index >= 15 is 0 Å². The summed E-state index contributed by atoms with van der Waals surface area (Å²) in [6.07, 6.45) is 3.41. The summed E-state index contributed by atoms with van der Waals surface area (Å²) in [6, 6.07) is 5.17. The summed E-state index contributed by atoms with van der Waals surface area (Å²) in [5, 5.41) is 6.53. The molecule has 0 spiro atoms. The largest absolute Gasteiger partial charge is 0.342 e. The van der Waals surface area contributed by atoms with E-state index in [1.165, 1.54) is 17.8 Å². The lowest BCUT2D eigenvalue weighted by Gasteiger charge is -2.35. The fraction of sp³-hybridized carbons (Fsp3) is 0.476. The number of hydrogen-bond acceptors (Lipinski definition) is 6. The molecule has 166 valence electrons. The molecule has 0 saturated carbocycles. The third-order valence-corrected chi connectivity index (χ3v) is 6.93. The van der Waals surface area contributed by atoms with Gasteiger partial charge in [-0.25, -0.2) is 4.98 Å². The number of anilines is 2. The molecular formula is C21H25Cl2N5O2S. The summed E-state index contributed by atoms with van der Waals surface area (Å²) in [5.41, 5.74) is 1.10. The number of nitrogens with one attached hydrogen (secondary N) is 1. The van der Waals surface area contributed by atoms with Crippen molar-refractivity contribution in [2.24, 2.45) is 0 Å². The summed E-state index contributed by atoms with van der Waals surface area (Å²) in [7, 11) is 0. The van der Waals surface area contributed by atoms with Crippen molar-refractivity contribution in [3.05, 3.63) is 39.3 Å². The Kier molecular flexibility index (Phi) is 7.32. The van der Waals surface area contributed by atoms with Gasteiger partial charge in [-0.15, -0.1) is 11.3 Å². The number of piperidine rings is 1. The van der Waals surface area contributed by atoms with E-state index in [1.54, 1.807) is 28.5 Å². The van der Waals surface area contributed by atoms with Crippen LogP contribution in [0.15, 0.2) is 23.6 Å². The molecule has 1 aromatic carbocycles. The van der Waals surface area contributed by atoms with Crippen molar-refractivity contribution in [3.8, 4) is 0 Å². The summed E-state index contributed by atoms with van der Waals surface area (Å²) in [5.74, 6) is 0.115. The predicted octanol–water partition coefficient (Wildman–Crippen LogP) is 3.96. The number of carbonyl (C=O) groups is 2. The molecule has 2 aliphatic heterocycles. The van der Waals surface area contributed by atoms with Gasteiger partial charge in [-0.05, 0) is 37.5 Å². The maximum atomic E-state index is 12.9. The van der Waals surface area contributed by atoms with E-state index in [-0.39, 0.29) is 11.8 Å². The minimum absolute atomic E-state index is 0.0893. The maximum Gasteiger partial charge on any atom is 0.273 e. The van der Waals surface area contributed by atoms with Gasteiger partial charge in [0.25, 0.3) is 5.91 Å². The van der Waals surface area contributed by atoms with Crippen molar-refractivity contribution in [3.63, 3.8) is 0 Å². The first-order chi connectivity index (χ1) is 15.0. The molecule has 1 aromatic heterocycles. The van der Waals surface area contributed by atoms with Crippen LogP contribution in [-0.4, -0.2) is 77.3 Å². The van der Waals surface area contributed by atoms with Gasteiger partial charge in [0.15, 0.2) is 5.13 Å². The fourth-order valence-electron chi connectivity index (χ4n) is 3.84. The minimum Gasteiger partial charge on any atom is -0.342 e. The first kappa shape index (κ1) is 22.3. The zero-order valence-corrected chi connectivity index (χ0v) is 19.5. The van der Waals surface area contributed by atoms with E-state index in [4.69, 9.17) is 23.2 Å². The lowest BCUT2D eigenvalue weighted by molar-refractivity contribution is -0.133. The molecule has 4 rings (SSSR count). The van der Waals surface area contributed by atoms with Crippen molar-refractivity contribution >= 4 is 57.2 Å². The highest BCUT2D eigenvalue weighted by atomic mass is 35.5. The zero-order chi connectivity index (χ0) is 21.8. The molecular weight excluding hydrogens is 457 g/mol. The van der Waals surface area contributed by atoms with Gasteiger partial charge in [-0.3, -0.25) is 14.5 Å². The molecule has 31 heavy (non-hydrogen) atoms. The van der Waals surface area contributed by atoms with Crippen LogP contribution in [0, 0.1) is 0 Å². The number of carbonyl (C=O) groups excluding carboxylic acids is 2. The molecule has 2 aliphatic rings. The molecule has 2 aromatic rings. The summed E-state index contributed by atoms with van der Waals surface area (Å²) in [4.78, 5) is 35.7. The topological polar surface area (TPSA) is 68.8 Å². The second-order valence-corrected chi connectivity index (χ2v) is 9.50. The van der Waals surface area contributed by atoms with Crippen LogP contribution in [0.5, 0.6) is 0 Å². The molecule has 7 nitrogen and oxygen atoms in total. The van der Waals surface area contributed by atoms with Gasteiger partial charge in [0.05, 0.1) is 17.3 Å². The molecule has 0 bridgehead atoms. The SMILES string of the molecule is O=C(CN1CCN(C(=O)c2csc(Nc3ccc(Cl)cc3Cl)n2)CC1)N1CCCCC1. The van der Waals surface area contributed by atoms with Gasteiger partial charge < -0.3 is 15.1 Å². The van der Waals surface area contributed by atoms with Gasteiger partial charge in [-0.1, -0.05) is 23.2 Å². The highest BCUT2D eigenvalue weighted by molar-refractivity contribution is 7.14. The van der Waals surface area contributed by atoms with E-state index in [1.807, 2.05) is 4.90 Å². The van der Waals surface area contributed by atoms with Crippen LogP contribution in [0.2, 0.25) is 10.0 Å². The van der Waals surface area contributed by atoms with Crippen molar-refractivity contribution in [1.82, 2.24) is 19.7 Å². The lowest BCUT2D eigenvalue weighted by atomic mass is 10.1. The van der Waals surface area contributed by atoms with Crippen LogP contribution in [-0.2, 0) is 4.79 Å². The molecule has 2 saturated heterocycles. The van der Waals surface area contributed by atoms with E-state index in [2.05, 4.69) is 15.2 Å². The van der Waals surface area contributed by atoms with Crippen LogP contribution >= 0.6 is 34.5 Å². The second-order valence-electron chi connectivity index (χ2n) is 7.80. The Labute approximate surface area is 195 Å². The number of amides is 2. The maximum absolute atomic E-state index is 12.9. The predicted molar refractivity (Wildman–Crippen MR) is 125 cm³/mol. The fourth-order valence-corrected chi connectivity index (χ4v) is 4.99. The summed E-state index contributed by atoms with van der Waals surface area (Å²) >= 11 is 13.5. The van der Waals surface area contributed by atoms with E-state index in [0.717, 1.165) is 25.9 Å². The third-order valence-electron chi connectivity index (χ3n) is 5.62. The average Bonchev–Trinajstić information content (AvgIpc) is 3.25. The van der Waals surface area contributed by atoms with E-state index in [0.29, 0.717) is 59.3 Å².